The van der Waals surface area contributed by atoms with Crippen molar-refractivity contribution in [3.05, 3.63) is 81.3 Å². The summed E-state index contributed by atoms with van der Waals surface area (Å²) in [4.78, 5) is 18.2. The summed E-state index contributed by atoms with van der Waals surface area (Å²) in [5, 5.41) is 3.31. The molecule has 0 unspecified atom stereocenters. The van der Waals surface area contributed by atoms with E-state index < -0.39 is 0 Å². The zero-order valence-corrected chi connectivity index (χ0v) is 17.2. The number of aliphatic imine (C=N–C) groups is 1. The van der Waals surface area contributed by atoms with Gasteiger partial charge >= 0.3 is 0 Å². The van der Waals surface area contributed by atoms with E-state index in [4.69, 9.17) is 9.73 Å². The number of nitrogens with one attached hydrogen (secondary N) is 1. The fourth-order valence-electron chi connectivity index (χ4n) is 4.16. The minimum absolute atomic E-state index is 0.0459. The van der Waals surface area contributed by atoms with Gasteiger partial charge in [0.25, 0.3) is 5.56 Å². The summed E-state index contributed by atoms with van der Waals surface area (Å²) in [7, 11) is 1.63. The summed E-state index contributed by atoms with van der Waals surface area (Å²) >= 11 is 0. The number of aromatic amines is 1. The Morgan fingerprint density at radius 2 is 1.79 bits per heavy atom. The molecule has 0 saturated carbocycles. The number of aromatic nitrogens is 2. The highest BCUT2D eigenvalue weighted by atomic mass is 16.5. The molecule has 1 heterocycles. The van der Waals surface area contributed by atoms with E-state index in [1.165, 1.54) is 11.1 Å². The Kier molecular flexibility index (Phi) is 5.38. The molecule has 29 heavy (non-hydrogen) atoms. The lowest BCUT2D eigenvalue weighted by atomic mass is 10.1. The van der Waals surface area contributed by atoms with Crippen molar-refractivity contribution in [1.29, 1.82) is 0 Å². The number of H-pyrrole nitrogens is 1. The van der Waals surface area contributed by atoms with Gasteiger partial charge < -0.3 is 4.74 Å². The van der Waals surface area contributed by atoms with Gasteiger partial charge in [-0.25, -0.2) is 4.68 Å². The molecule has 0 fully saturated rings. The maximum Gasteiger partial charge on any atom is 0.280 e. The van der Waals surface area contributed by atoms with Crippen molar-refractivity contribution >= 4 is 5.71 Å². The van der Waals surface area contributed by atoms with Crippen LogP contribution in [-0.4, -0.2) is 28.6 Å². The van der Waals surface area contributed by atoms with Gasteiger partial charge in [0.2, 0.25) is 0 Å². The van der Waals surface area contributed by atoms with Crippen LogP contribution in [0.2, 0.25) is 0 Å². The van der Waals surface area contributed by atoms with Crippen LogP contribution in [-0.2, 0) is 19.3 Å². The molecule has 1 aliphatic rings. The molecule has 4 rings (SSSR count). The van der Waals surface area contributed by atoms with Crippen LogP contribution in [0, 0.1) is 0 Å². The Bertz CT molecular complexity index is 1070. The fraction of sp³-hybridized carbons (Fsp3) is 0.333. The van der Waals surface area contributed by atoms with Gasteiger partial charge in [0.05, 0.1) is 24.4 Å². The summed E-state index contributed by atoms with van der Waals surface area (Å²) in [5.74, 6) is 0.765. The maximum atomic E-state index is 13.3. The van der Waals surface area contributed by atoms with Gasteiger partial charge in [-0.1, -0.05) is 37.6 Å². The Morgan fingerprint density at radius 1 is 1.14 bits per heavy atom. The van der Waals surface area contributed by atoms with Gasteiger partial charge in [-0.3, -0.25) is 14.9 Å². The van der Waals surface area contributed by atoms with Crippen molar-refractivity contribution in [2.24, 2.45) is 4.99 Å². The van der Waals surface area contributed by atoms with Crippen LogP contribution >= 0.6 is 0 Å². The highest BCUT2D eigenvalue weighted by molar-refractivity contribution is 5.99. The third kappa shape index (κ3) is 3.77. The number of hydrogen-bond donors (Lipinski definition) is 1. The van der Waals surface area contributed by atoms with Crippen molar-refractivity contribution in [2.75, 3.05) is 7.11 Å². The monoisotopic (exact) mass is 389 g/mol. The average Bonchev–Trinajstić information content (AvgIpc) is 3.28. The lowest BCUT2D eigenvalue weighted by molar-refractivity contribution is 0.414. The molecule has 0 saturated heterocycles. The van der Waals surface area contributed by atoms with Crippen LogP contribution in [0.4, 0.5) is 0 Å². The Morgan fingerprint density at radius 3 is 2.38 bits per heavy atom. The molecule has 5 nitrogen and oxygen atoms in total. The van der Waals surface area contributed by atoms with E-state index in [1.54, 1.807) is 11.8 Å². The molecule has 0 amide bonds. The first-order valence-corrected chi connectivity index (χ1v) is 10.2. The second-order valence-corrected chi connectivity index (χ2v) is 7.60. The van der Waals surface area contributed by atoms with Gasteiger partial charge in [-0.2, -0.15) is 0 Å². The van der Waals surface area contributed by atoms with E-state index in [9.17, 15) is 4.79 Å². The quantitative estimate of drug-likeness (QED) is 0.645. The molecule has 0 atom stereocenters. The summed E-state index contributed by atoms with van der Waals surface area (Å²) in [5.41, 5.74) is 5.96. The Labute approximate surface area is 171 Å². The number of hydrogen-bond acceptors (Lipinski definition) is 3. The van der Waals surface area contributed by atoms with Gasteiger partial charge in [0, 0.05) is 11.4 Å². The van der Waals surface area contributed by atoms with Gasteiger partial charge in [-0.05, 0) is 61.6 Å². The standard InChI is InChI=1S/C24H27N3O2/c1-4-7-22-23(16(2)25-19-14-17-8-5-6-9-18(17)15-19)24(28)27(26-22)20-10-12-21(29-3)13-11-20/h5-6,8-13,19,26H,4,7,14-15H2,1-3H3. The van der Waals surface area contributed by atoms with Gasteiger partial charge in [0.15, 0.2) is 0 Å². The van der Waals surface area contributed by atoms with Gasteiger partial charge in [-0.15, -0.1) is 0 Å². The molecule has 1 aromatic heterocycles. The average molecular weight is 389 g/mol. The largest absolute Gasteiger partial charge is 0.497 e. The normalized spacial score (nSPS) is 14.2. The molecule has 2 aromatic carbocycles. The second-order valence-electron chi connectivity index (χ2n) is 7.60. The molecule has 0 radical (unpaired) electrons. The summed E-state index contributed by atoms with van der Waals surface area (Å²) in [6.45, 7) is 4.08. The van der Waals surface area contributed by atoms with Crippen LogP contribution in [0.1, 0.15) is 42.7 Å². The molecule has 0 spiro atoms. The second kappa shape index (κ2) is 8.11. The first-order chi connectivity index (χ1) is 14.1. The molecular formula is C24H27N3O2. The van der Waals surface area contributed by atoms with Crippen LogP contribution in [0.3, 0.4) is 0 Å². The van der Waals surface area contributed by atoms with Crippen molar-refractivity contribution < 1.29 is 4.74 Å². The van der Waals surface area contributed by atoms with Crippen LogP contribution in [0.25, 0.3) is 5.69 Å². The minimum atomic E-state index is -0.0459. The third-order valence-electron chi connectivity index (χ3n) is 5.56. The Balaban J connectivity index is 1.69. The maximum absolute atomic E-state index is 13.3. The first-order valence-electron chi connectivity index (χ1n) is 10.2. The van der Waals surface area contributed by atoms with E-state index in [2.05, 4.69) is 36.3 Å². The van der Waals surface area contributed by atoms with Gasteiger partial charge in [0.1, 0.15) is 5.75 Å². The van der Waals surface area contributed by atoms with E-state index in [-0.39, 0.29) is 11.6 Å². The summed E-state index contributed by atoms with van der Waals surface area (Å²) in [6, 6.07) is 16.2. The number of benzene rings is 2. The van der Waals surface area contributed by atoms with E-state index in [0.717, 1.165) is 48.5 Å². The summed E-state index contributed by atoms with van der Waals surface area (Å²) in [6.07, 6.45) is 3.64. The minimum Gasteiger partial charge on any atom is -0.497 e. The topological polar surface area (TPSA) is 59.4 Å². The number of fused-ring (bicyclic) bond motifs is 1. The predicted octanol–water partition coefficient (Wildman–Crippen LogP) is 4.10. The molecule has 1 aliphatic carbocycles. The molecule has 3 aromatic rings. The van der Waals surface area contributed by atoms with E-state index in [0.29, 0.717) is 5.56 Å². The molecular weight excluding hydrogens is 362 g/mol. The molecule has 1 N–H and O–H groups in total. The molecule has 150 valence electrons. The van der Waals surface area contributed by atoms with E-state index >= 15 is 0 Å². The lowest BCUT2D eigenvalue weighted by Gasteiger charge is -2.06. The van der Waals surface area contributed by atoms with Crippen molar-refractivity contribution in [2.45, 2.75) is 45.6 Å². The number of methoxy groups -OCH3 is 1. The highest BCUT2D eigenvalue weighted by Gasteiger charge is 2.23. The SMILES string of the molecule is CCCc1[nH]n(-c2ccc(OC)cc2)c(=O)c1C(C)=NC1Cc2ccccc2C1. The molecule has 0 aliphatic heterocycles. The molecule has 5 heteroatoms. The van der Waals surface area contributed by atoms with Crippen molar-refractivity contribution in [3.8, 4) is 11.4 Å². The Hall–Kier alpha value is -3.08. The highest BCUT2D eigenvalue weighted by Crippen LogP contribution is 2.24. The fourth-order valence-corrected chi connectivity index (χ4v) is 4.16. The van der Waals surface area contributed by atoms with Crippen LogP contribution < -0.4 is 10.3 Å². The van der Waals surface area contributed by atoms with E-state index in [1.807, 2.05) is 31.2 Å². The molecule has 0 bridgehead atoms. The zero-order valence-electron chi connectivity index (χ0n) is 17.2. The third-order valence-corrected chi connectivity index (χ3v) is 5.56. The van der Waals surface area contributed by atoms with Crippen molar-refractivity contribution in [1.82, 2.24) is 9.78 Å². The number of nitrogens with zero attached hydrogens (tertiary/aromatic N) is 2. The number of rotatable bonds is 6. The summed E-state index contributed by atoms with van der Waals surface area (Å²) < 4.78 is 6.84. The predicted molar refractivity (Wildman–Crippen MR) is 117 cm³/mol. The lowest BCUT2D eigenvalue weighted by Crippen LogP contribution is -2.21. The number of aryl methyl sites for hydroxylation is 1. The van der Waals surface area contributed by atoms with Crippen LogP contribution in [0.5, 0.6) is 5.75 Å². The first kappa shape index (κ1) is 19.2. The number of ether oxygens (including phenoxy) is 1. The van der Waals surface area contributed by atoms with Crippen molar-refractivity contribution in [3.63, 3.8) is 0 Å². The smallest absolute Gasteiger partial charge is 0.280 e. The van der Waals surface area contributed by atoms with Crippen LogP contribution in [0.15, 0.2) is 58.3 Å². The zero-order chi connectivity index (χ0) is 20.4.